The first kappa shape index (κ1) is 22.7. The third-order valence-electron chi connectivity index (χ3n) is 5.44. The van der Waals surface area contributed by atoms with E-state index in [1.54, 1.807) is 12.1 Å². The van der Waals surface area contributed by atoms with Crippen molar-refractivity contribution in [2.45, 2.75) is 13.0 Å². The summed E-state index contributed by atoms with van der Waals surface area (Å²) in [5.41, 5.74) is 2.77. The lowest BCUT2D eigenvalue weighted by Crippen LogP contribution is -2.30. The molecule has 7 nitrogen and oxygen atoms in total. The molecule has 0 fully saturated rings. The Labute approximate surface area is 196 Å². The van der Waals surface area contributed by atoms with E-state index in [4.69, 9.17) is 4.74 Å². The van der Waals surface area contributed by atoms with Crippen molar-refractivity contribution >= 4 is 29.4 Å². The lowest BCUT2D eigenvalue weighted by molar-refractivity contribution is -0.123. The molecule has 0 saturated carbocycles. The first-order chi connectivity index (χ1) is 16.4. The largest absolute Gasteiger partial charge is 0.449 e. The second kappa shape index (κ2) is 9.54. The van der Waals surface area contributed by atoms with E-state index >= 15 is 0 Å². The molecule has 0 aliphatic carbocycles. The molecule has 170 valence electrons. The van der Waals surface area contributed by atoms with Crippen molar-refractivity contribution in [3.05, 3.63) is 102 Å². The maximum Gasteiger partial charge on any atom is 0.338 e. The predicted molar refractivity (Wildman–Crippen MR) is 127 cm³/mol. The molecule has 3 aromatic rings. The summed E-state index contributed by atoms with van der Waals surface area (Å²) < 4.78 is 5.34. The molecule has 0 spiro atoms. The van der Waals surface area contributed by atoms with Gasteiger partial charge in [-0.25, -0.2) is 4.79 Å². The van der Waals surface area contributed by atoms with Gasteiger partial charge in [0.1, 0.15) is 0 Å². The molecule has 1 aliphatic heterocycles. The average Bonchev–Trinajstić information content (AvgIpc) is 3.09. The quantitative estimate of drug-likeness (QED) is 0.326. The molecule has 0 radical (unpaired) electrons. The molecule has 0 saturated heterocycles. The molecule has 7 heteroatoms. The van der Waals surface area contributed by atoms with Crippen LogP contribution in [0.5, 0.6) is 0 Å². The van der Waals surface area contributed by atoms with Crippen molar-refractivity contribution in [1.82, 2.24) is 4.90 Å². The molecule has 0 bridgehead atoms. The van der Waals surface area contributed by atoms with Gasteiger partial charge < -0.3 is 10.1 Å². The first-order valence-corrected chi connectivity index (χ1v) is 10.7. The summed E-state index contributed by atoms with van der Waals surface area (Å²) in [7, 11) is 0. The number of anilines is 1. The van der Waals surface area contributed by atoms with E-state index in [9.17, 15) is 19.2 Å². The lowest BCUT2D eigenvalue weighted by atomic mass is 10.0. The van der Waals surface area contributed by atoms with Gasteiger partial charge in [0.15, 0.2) is 6.10 Å². The average molecular weight is 454 g/mol. The molecule has 34 heavy (non-hydrogen) atoms. The highest BCUT2D eigenvalue weighted by Gasteiger charge is 2.35. The molecule has 1 atom stereocenters. The smallest absolute Gasteiger partial charge is 0.338 e. The highest BCUT2D eigenvalue weighted by Crippen LogP contribution is 2.28. The van der Waals surface area contributed by atoms with Gasteiger partial charge in [-0.2, -0.15) is 0 Å². The minimum absolute atomic E-state index is 0.0738. The molecule has 1 N–H and O–H groups in total. The lowest BCUT2D eigenvalue weighted by Gasteiger charge is -2.16. The second-order valence-corrected chi connectivity index (χ2v) is 7.72. The van der Waals surface area contributed by atoms with Crippen molar-refractivity contribution in [3.63, 3.8) is 0 Å². The maximum absolute atomic E-state index is 12.8. The van der Waals surface area contributed by atoms with E-state index in [0.717, 1.165) is 16.0 Å². The Hall–Kier alpha value is -4.52. The van der Waals surface area contributed by atoms with Crippen molar-refractivity contribution in [3.8, 4) is 11.1 Å². The van der Waals surface area contributed by atoms with Gasteiger partial charge in [0, 0.05) is 17.8 Å². The third kappa shape index (κ3) is 4.36. The van der Waals surface area contributed by atoms with E-state index in [2.05, 4.69) is 11.9 Å². The Morgan fingerprint density at radius 3 is 2.35 bits per heavy atom. The summed E-state index contributed by atoms with van der Waals surface area (Å²) in [5.74, 6) is -2.21. The number of hydrogen-bond donors (Lipinski definition) is 1. The van der Waals surface area contributed by atoms with Crippen LogP contribution in [0.1, 0.15) is 38.0 Å². The van der Waals surface area contributed by atoms with Crippen molar-refractivity contribution < 1.29 is 23.9 Å². The Morgan fingerprint density at radius 1 is 0.941 bits per heavy atom. The second-order valence-electron chi connectivity index (χ2n) is 7.72. The zero-order valence-electron chi connectivity index (χ0n) is 18.5. The summed E-state index contributed by atoms with van der Waals surface area (Å²) in [6, 6.07) is 21.1. The summed E-state index contributed by atoms with van der Waals surface area (Å²) in [6.45, 7) is 5.09. The van der Waals surface area contributed by atoms with Crippen LogP contribution in [0.3, 0.4) is 0 Å². The SMILES string of the molecule is C=CCN1C(=O)c2ccc(C(=O)O[C@@H](C)C(=O)Nc3ccccc3-c3ccccc3)cc2C1=O. The maximum atomic E-state index is 12.8. The number of imide groups is 1. The molecule has 1 heterocycles. The number of nitrogens with zero attached hydrogens (tertiary/aromatic N) is 1. The van der Waals surface area contributed by atoms with Crippen molar-refractivity contribution in [2.75, 3.05) is 11.9 Å². The number of carbonyl (C=O) groups is 4. The van der Waals surface area contributed by atoms with Crippen molar-refractivity contribution in [1.29, 1.82) is 0 Å². The van der Waals surface area contributed by atoms with E-state index in [1.807, 2.05) is 42.5 Å². The molecule has 1 aliphatic rings. The molecule has 3 amide bonds. The number of fused-ring (bicyclic) bond motifs is 1. The van der Waals surface area contributed by atoms with Gasteiger partial charge in [-0.1, -0.05) is 54.6 Å². The molecule has 3 aromatic carbocycles. The van der Waals surface area contributed by atoms with Gasteiger partial charge in [-0.15, -0.1) is 6.58 Å². The van der Waals surface area contributed by atoms with Gasteiger partial charge in [0.05, 0.1) is 16.7 Å². The molecular weight excluding hydrogens is 432 g/mol. The first-order valence-electron chi connectivity index (χ1n) is 10.7. The summed E-state index contributed by atoms with van der Waals surface area (Å²) in [6.07, 6.45) is 0.353. The van der Waals surface area contributed by atoms with Crippen LogP contribution < -0.4 is 5.32 Å². The number of ether oxygens (including phenoxy) is 1. The zero-order chi connectivity index (χ0) is 24.2. The molecule has 0 unspecified atom stereocenters. The third-order valence-corrected chi connectivity index (χ3v) is 5.44. The number of benzene rings is 3. The van der Waals surface area contributed by atoms with Crippen LogP contribution >= 0.6 is 0 Å². The minimum Gasteiger partial charge on any atom is -0.449 e. The number of rotatable bonds is 7. The van der Waals surface area contributed by atoms with E-state index in [0.29, 0.717) is 5.69 Å². The van der Waals surface area contributed by atoms with E-state index in [-0.39, 0.29) is 23.2 Å². The number of amides is 3. The normalized spacial score (nSPS) is 13.3. The van der Waals surface area contributed by atoms with Crippen LogP contribution in [-0.2, 0) is 9.53 Å². The number of carbonyl (C=O) groups excluding carboxylic acids is 4. The standard InChI is InChI=1S/C27H22N2O5/c1-3-15-29-25(31)21-14-13-19(16-22(21)26(29)32)27(33)34-17(2)24(30)28-23-12-8-7-11-20(23)18-9-5-4-6-10-18/h3-14,16-17H,1,15H2,2H3,(H,28,30)/t17-/m0/s1. The monoisotopic (exact) mass is 454 g/mol. The highest BCUT2D eigenvalue weighted by molar-refractivity contribution is 6.22. The highest BCUT2D eigenvalue weighted by atomic mass is 16.5. The number of nitrogens with one attached hydrogen (secondary N) is 1. The van der Waals surface area contributed by atoms with Gasteiger partial charge in [-0.3, -0.25) is 19.3 Å². The van der Waals surface area contributed by atoms with Crippen LogP contribution in [0.2, 0.25) is 0 Å². The zero-order valence-corrected chi connectivity index (χ0v) is 18.5. The fourth-order valence-corrected chi connectivity index (χ4v) is 3.69. The van der Waals surface area contributed by atoms with Gasteiger partial charge in [0.25, 0.3) is 17.7 Å². The van der Waals surface area contributed by atoms with E-state index in [1.165, 1.54) is 31.2 Å². The molecular formula is C27H22N2O5. The molecule has 0 aromatic heterocycles. The van der Waals surface area contributed by atoms with Crippen LogP contribution in [0, 0.1) is 0 Å². The van der Waals surface area contributed by atoms with Crippen LogP contribution in [-0.4, -0.2) is 41.2 Å². The van der Waals surface area contributed by atoms with Crippen LogP contribution in [0.4, 0.5) is 5.69 Å². The Morgan fingerprint density at radius 2 is 1.62 bits per heavy atom. The summed E-state index contributed by atoms with van der Waals surface area (Å²) in [5, 5.41) is 2.81. The Kier molecular flexibility index (Phi) is 6.36. The van der Waals surface area contributed by atoms with Crippen LogP contribution in [0.25, 0.3) is 11.1 Å². The summed E-state index contributed by atoms with van der Waals surface area (Å²) >= 11 is 0. The van der Waals surface area contributed by atoms with Crippen LogP contribution in [0.15, 0.2) is 85.5 Å². The summed E-state index contributed by atoms with van der Waals surface area (Å²) in [4.78, 5) is 51.3. The minimum atomic E-state index is -1.10. The fourth-order valence-electron chi connectivity index (χ4n) is 3.69. The van der Waals surface area contributed by atoms with Crippen molar-refractivity contribution in [2.24, 2.45) is 0 Å². The van der Waals surface area contributed by atoms with Gasteiger partial charge in [-0.05, 0) is 36.8 Å². The van der Waals surface area contributed by atoms with Gasteiger partial charge >= 0.3 is 5.97 Å². The predicted octanol–water partition coefficient (Wildman–Crippen LogP) is 4.32. The van der Waals surface area contributed by atoms with Gasteiger partial charge in [0.2, 0.25) is 0 Å². The topological polar surface area (TPSA) is 92.8 Å². The number of esters is 1. The Bertz CT molecular complexity index is 1300. The number of hydrogen-bond acceptors (Lipinski definition) is 5. The number of para-hydroxylation sites is 1. The molecule has 4 rings (SSSR count). The van der Waals surface area contributed by atoms with E-state index < -0.39 is 29.8 Å². The fraction of sp³-hybridized carbons (Fsp3) is 0.111. The Balaban J connectivity index is 1.47.